The largest absolute Gasteiger partial charge is 0.383 e. The second-order valence-electron chi connectivity index (χ2n) is 4.30. The van der Waals surface area contributed by atoms with E-state index in [1.165, 1.54) is 0 Å². The number of rotatable bonds is 6. The lowest BCUT2D eigenvalue weighted by atomic mass is 9.66. The molecule has 0 spiro atoms. The van der Waals surface area contributed by atoms with Gasteiger partial charge in [-0.2, -0.15) is 8.78 Å². The summed E-state index contributed by atoms with van der Waals surface area (Å²) in [6.07, 6.45) is -2.36. The molecule has 0 radical (unpaired) electrons. The van der Waals surface area contributed by atoms with Crippen molar-refractivity contribution in [2.45, 2.75) is 31.6 Å². The van der Waals surface area contributed by atoms with Crippen molar-refractivity contribution < 1.29 is 27.2 Å². The summed E-state index contributed by atoms with van der Waals surface area (Å²) in [7, 11) is 0. The van der Waals surface area contributed by atoms with Gasteiger partial charge in [0.05, 0.1) is 5.33 Å². The van der Waals surface area contributed by atoms with E-state index in [1.807, 2.05) is 0 Å². The first-order valence-electron chi connectivity index (χ1n) is 5.30. The third-order valence-corrected chi connectivity index (χ3v) is 3.70. The molecule has 0 aliphatic heterocycles. The molecule has 0 heterocycles. The predicted molar refractivity (Wildman–Crippen MR) is 59.0 cm³/mol. The van der Waals surface area contributed by atoms with Gasteiger partial charge in [0, 0.05) is 12.0 Å². The molecule has 1 amide bonds. The predicted octanol–water partition coefficient (Wildman–Crippen LogP) is 2.14. The number of carbonyl (C=O) groups is 2. The maximum atomic E-state index is 12.7. The Kier molecular flexibility index (Phi) is 4.74. The Morgan fingerprint density at radius 3 is 2.22 bits per heavy atom. The first-order chi connectivity index (χ1) is 8.26. The molecule has 1 aliphatic carbocycles. The van der Waals surface area contributed by atoms with Crippen molar-refractivity contribution in [3.63, 3.8) is 0 Å². The van der Waals surface area contributed by atoms with Crippen molar-refractivity contribution in [1.29, 1.82) is 0 Å². The van der Waals surface area contributed by atoms with Gasteiger partial charge in [-0.25, -0.2) is 8.78 Å². The van der Waals surface area contributed by atoms with E-state index in [0.717, 1.165) is 6.42 Å². The molecule has 1 N–H and O–H groups in total. The fourth-order valence-corrected chi connectivity index (χ4v) is 2.36. The Hall–Kier alpha value is -0.660. The van der Waals surface area contributed by atoms with Crippen LogP contribution in [-0.2, 0) is 9.59 Å². The van der Waals surface area contributed by atoms with E-state index >= 15 is 0 Å². The van der Waals surface area contributed by atoms with Crippen molar-refractivity contribution in [2.75, 3.05) is 11.9 Å². The Bertz CT molecular complexity index is 345. The average Bonchev–Trinajstić information content (AvgIpc) is 2.26. The highest BCUT2D eigenvalue weighted by molar-refractivity contribution is 9.09. The Labute approximate surface area is 109 Å². The van der Waals surface area contributed by atoms with Crippen LogP contribution in [0.15, 0.2) is 0 Å². The number of alkyl halides is 5. The minimum atomic E-state index is -4.72. The Morgan fingerprint density at radius 1 is 1.33 bits per heavy atom. The molecule has 1 rings (SSSR count). The fraction of sp³-hybridized carbons (Fsp3) is 0.800. The van der Waals surface area contributed by atoms with Crippen molar-refractivity contribution in [2.24, 2.45) is 5.41 Å². The van der Waals surface area contributed by atoms with E-state index in [1.54, 1.807) is 5.32 Å². The minimum absolute atomic E-state index is 0.0497. The highest BCUT2D eigenvalue weighted by Crippen LogP contribution is 2.41. The highest BCUT2D eigenvalue weighted by atomic mass is 79.9. The summed E-state index contributed by atoms with van der Waals surface area (Å²) in [5.41, 5.74) is -0.878. The lowest BCUT2D eigenvalue weighted by Crippen LogP contribution is -2.53. The Balaban J connectivity index is 2.59. The number of amides is 1. The van der Waals surface area contributed by atoms with E-state index in [2.05, 4.69) is 15.9 Å². The molecule has 0 aromatic heterocycles. The molecular weight excluding hydrogens is 322 g/mol. The second kappa shape index (κ2) is 5.54. The third kappa shape index (κ3) is 2.84. The SMILES string of the molecule is O=C(CBr)C1(CNC(=O)C(F)(F)C(F)F)CCC1. The van der Waals surface area contributed by atoms with Gasteiger partial charge in [0.25, 0.3) is 5.91 Å². The summed E-state index contributed by atoms with van der Waals surface area (Å²) in [6, 6.07) is 0. The molecule has 1 saturated carbocycles. The van der Waals surface area contributed by atoms with Crippen molar-refractivity contribution in [1.82, 2.24) is 5.32 Å². The molecule has 18 heavy (non-hydrogen) atoms. The van der Waals surface area contributed by atoms with E-state index in [9.17, 15) is 27.2 Å². The molecule has 8 heteroatoms. The molecular formula is C10H12BrF4NO2. The minimum Gasteiger partial charge on any atom is -0.350 e. The number of Topliss-reactive ketones (excluding diaryl/α,β-unsaturated/α-hetero) is 1. The number of hydrogen-bond donors (Lipinski definition) is 1. The van der Waals surface area contributed by atoms with E-state index in [-0.39, 0.29) is 17.7 Å². The zero-order valence-electron chi connectivity index (χ0n) is 9.32. The van der Waals surface area contributed by atoms with Gasteiger partial charge in [0.2, 0.25) is 0 Å². The number of ketones is 1. The molecule has 3 nitrogen and oxygen atoms in total. The zero-order chi connectivity index (χ0) is 14.0. The normalized spacial score (nSPS) is 18.3. The van der Waals surface area contributed by atoms with Gasteiger partial charge in [0.15, 0.2) is 5.78 Å². The van der Waals surface area contributed by atoms with Crippen molar-refractivity contribution in [3.8, 4) is 0 Å². The van der Waals surface area contributed by atoms with Crippen LogP contribution in [0.5, 0.6) is 0 Å². The highest BCUT2D eigenvalue weighted by Gasteiger charge is 2.50. The Morgan fingerprint density at radius 2 is 1.89 bits per heavy atom. The van der Waals surface area contributed by atoms with Gasteiger partial charge in [-0.05, 0) is 12.8 Å². The van der Waals surface area contributed by atoms with Crippen LogP contribution in [0.3, 0.4) is 0 Å². The standard InChI is InChI=1S/C10H12BrF4NO2/c11-4-6(17)9(2-1-3-9)5-16-8(18)10(14,15)7(12)13/h7H,1-5H2,(H,16,18). The summed E-state index contributed by atoms with van der Waals surface area (Å²) in [5, 5.41) is 1.80. The molecule has 0 bridgehead atoms. The first kappa shape index (κ1) is 15.4. The number of carbonyl (C=O) groups excluding carboxylic acids is 2. The molecule has 0 aromatic rings. The molecule has 0 aromatic carbocycles. The molecule has 0 unspecified atom stereocenters. The summed E-state index contributed by atoms with van der Waals surface area (Å²) in [4.78, 5) is 22.5. The molecule has 104 valence electrons. The lowest BCUT2D eigenvalue weighted by Gasteiger charge is -2.40. The number of hydrogen-bond acceptors (Lipinski definition) is 2. The van der Waals surface area contributed by atoms with Crippen LogP contribution < -0.4 is 5.32 Å². The van der Waals surface area contributed by atoms with Crippen LogP contribution in [0.2, 0.25) is 0 Å². The maximum Gasteiger partial charge on any atom is 0.383 e. The number of nitrogens with one attached hydrogen (secondary N) is 1. The van der Waals surface area contributed by atoms with E-state index in [0.29, 0.717) is 12.8 Å². The lowest BCUT2D eigenvalue weighted by molar-refractivity contribution is -0.170. The van der Waals surface area contributed by atoms with E-state index < -0.39 is 23.7 Å². The van der Waals surface area contributed by atoms with Crippen LogP contribution in [0.4, 0.5) is 17.6 Å². The zero-order valence-corrected chi connectivity index (χ0v) is 10.9. The molecule has 1 aliphatic rings. The van der Waals surface area contributed by atoms with Crippen LogP contribution in [0.1, 0.15) is 19.3 Å². The topological polar surface area (TPSA) is 46.2 Å². The van der Waals surface area contributed by atoms with Gasteiger partial charge in [0.1, 0.15) is 0 Å². The summed E-state index contributed by atoms with van der Waals surface area (Å²) in [6.45, 7) is -0.321. The smallest absolute Gasteiger partial charge is 0.350 e. The van der Waals surface area contributed by atoms with E-state index in [4.69, 9.17) is 0 Å². The van der Waals surface area contributed by atoms with Gasteiger partial charge in [-0.3, -0.25) is 9.59 Å². The first-order valence-corrected chi connectivity index (χ1v) is 6.42. The molecule has 1 fully saturated rings. The molecule has 0 saturated heterocycles. The van der Waals surface area contributed by atoms with Crippen LogP contribution in [0.25, 0.3) is 0 Å². The third-order valence-electron chi connectivity index (χ3n) is 3.19. The number of halogens is 5. The quantitative estimate of drug-likeness (QED) is 0.598. The van der Waals surface area contributed by atoms with Gasteiger partial charge in [-0.15, -0.1) is 0 Å². The monoisotopic (exact) mass is 333 g/mol. The van der Waals surface area contributed by atoms with Gasteiger partial charge in [-0.1, -0.05) is 22.4 Å². The summed E-state index contributed by atoms with van der Waals surface area (Å²) < 4.78 is 49.2. The van der Waals surface area contributed by atoms with Crippen molar-refractivity contribution in [3.05, 3.63) is 0 Å². The summed E-state index contributed by atoms with van der Waals surface area (Å²) >= 11 is 2.96. The fourth-order valence-electron chi connectivity index (χ4n) is 1.77. The van der Waals surface area contributed by atoms with Gasteiger partial charge >= 0.3 is 12.3 Å². The average molecular weight is 334 g/mol. The van der Waals surface area contributed by atoms with Crippen LogP contribution in [0, 0.1) is 5.41 Å². The van der Waals surface area contributed by atoms with Crippen LogP contribution in [-0.4, -0.2) is 35.9 Å². The van der Waals surface area contributed by atoms with Gasteiger partial charge < -0.3 is 5.32 Å². The molecule has 0 atom stereocenters. The second-order valence-corrected chi connectivity index (χ2v) is 4.86. The summed E-state index contributed by atoms with van der Waals surface area (Å²) in [5.74, 6) is -6.97. The van der Waals surface area contributed by atoms with Crippen LogP contribution >= 0.6 is 15.9 Å². The van der Waals surface area contributed by atoms with Crippen molar-refractivity contribution >= 4 is 27.6 Å². The maximum absolute atomic E-state index is 12.7.